The molecule has 0 saturated heterocycles. The van der Waals surface area contributed by atoms with Crippen LogP contribution < -0.4 is 11.1 Å². The van der Waals surface area contributed by atoms with Crippen LogP contribution in [0.1, 0.15) is 27.0 Å². The average Bonchev–Trinajstić information content (AvgIpc) is 2.43. The van der Waals surface area contributed by atoms with Crippen LogP contribution in [0.2, 0.25) is 0 Å². The molecule has 2 aromatic carbocycles. The van der Waals surface area contributed by atoms with E-state index in [-0.39, 0.29) is 18.1 Å². The number of hydrogen-bond acceptors (Lipinski definition) is 2. The van der Waals surface area contributed by atoms with E-state index in [2.05, 4.69) is 5.32 Å². The fourth-order valence-electron chi connectivity index (χ4n) is 1.96. The van der Waals surface area contributed by atoms with Crippen molar-refractivity contribution in [1.29, 1.82) is 0 Å². The second kappa shape index (κ2) is 5.84. The molecule has 2 aromatic rings. The molecule has 0 radical (unpaired) electrons. The Morgan fingerprint density at radius 1 is 1.20 bits per heavy atom. The molecule has 0 bridgehead atoms. The summed E-state index contributed by atoms with van der Waals surface area (Å²) in [4.78, 5) is 12.2. The minimum Gasteiger partial charge on any atom is -0.326 e. The topological polar surface area (TPSA) is 55.1 Å². The van der Waals surface area contributed by atoms with Crippen LogP contribution in [0.3, 0.4) is 0 Å². The van der Waals surface area contributed by atoms with E-state index >= 15 is 0 Å². The first-order valence-electron chi connectivity index (χ1n) is 6.38. The summed E-state index contributed by atoms with van der Waals surface area (Å²) >= 11 is 0. The van der Waals surface area contributed by atoms with Gasteiger partial charge in [0, 0.05) is 12.1 Å². The third-order valence-electron chi connectivity index (χ3n) is 3.16. The number of carbonyl (C=O) groups is 1. The minimum atomic E-state index is -0.480. The van der Waals surface area contributed by atoms with Gasteiger partial charge in [0.1, 0.15) is 5.82 Å². The van der Waals surface area contributed by atoms with Gasteiger partial charge in [0.2, 0.25) is 0 Å². The molecule has 3 N–H and O–H groups in total. The Labute approximate surface area is 117 Å². The highest BCUT2D eigenvalue weighted by molar-refractivity contribution is 6.05. The lowest BCUT2D eigenvalue weighted by Gasteiger charge is -2.10. The number of anilines is 1. The lowest BCUT2D eigenvalue weighted by molar-refractivity contribution is 0.102. The molecule has 0 unspecified atom stereocenters. The normalized spacial score (nSPS) is 10.4. The molecule has 0 fully saturated rings. The third kappa shape index (κ3) is 3.03. The highest BCUT2D eigenvalue weighted by atomic mass is 19.1. The zero-order valence-corrected chi connectivity index (χ0v) is 11.5. The van der Waals surface area contributed by atoms with Gasteiger partial charge in [0.05, 0.1) is 5.69 Å². The van der Waals surface area contributed by atoms with Gasteiger partial charge in [-0.2, -0.15) is 0 Å². The van der Waals surface area contributed by atoms with E-state index in [0.29, 0.717) is 11.1 Å². The summed E-state index contributed by atoms with van der Waals surface area (Å²) in [7, 11) is 0. The fraction of sp³-hybridized carbons (Fsp3) is 0.188. The fourth-order valence-corrected chi connectivity index (χ4v) is 1.96. The number of rotatable bonds is 3. The van der Waals surface area contributed by atoms with Crippen LogP contribution in [0.5, 0.6) is 0 Å². The van der Waals surface area contributed by atoms with Gasteiger partial charge in [-0.3, -0.25) is 4.79 Å². The maximum atomic E-state index is 13.8. The van der Waals surface area contributed by atoms with Crippen LogP contribution in [0.25, 0.3) is 0 Å². The van der Waals surface area contributed by atoms with Gasteiger partial charge in [0.15, 0.2) is 0 Å². The second-order valence-corrected chi connectivity index (χ2v) is 4.79. The molecule has 0 aliphatic heterocycles. The van der Waals surface area contributed by atoms with Gasteiger partial charge in [-0.05, 0) is 43.2 Å². The van der Waals surface area contributed by atoms with E-state index < -0.39 is 5.82 Å². The summed E-state index contributed by atoms with van der Waals surface area (Å²) < 4.78 is 13.8. The third-order valence-corrected chi connectivity index (χ3v) is 3.16. The lowest BCUT2D eigenvalue weighted by Crippen LogP contribution is -2.14. The van der Waals surface area contributed by atoms with Crippen molar-refractivity contribution in [2.45, 2.75) is 20.4 Å². The Kier molecular flexibility index (Phi) is 4.15. The Morgan fingerprint density at radius 3 is 2.60 bits per heavy atom. The van der Waals surface area contributed by atoms with Gasteiger partial charge in [-0.1, -0.05) is 23.8 Å². The lowest BCUT2D eigenvalue weighted by atomic mass is 10.0. The first-order valence-corrected chi connectivity index (χ1v) is 6.38. The molecule has 20 heavy (non-hydrogen) atoms. The first-order chi connectivity index (χ1) is 9.51. The van der Waals surface area contributed by atoms with E-state index in [1.54, 1.807) is 12.1 Å². The molecule has 0 atom stereocenters. The van der Waals surface area contributed by atoms with E-state index in [9.17, 15) is 9.18 Å². The summed E-state index contributed by atoms with van der Waals surface area (Å²) in [5.74, 6) is -0.794. The monoisotopic (exact) mass is 272 g/mol. The van der Waals surface area contributed by atoms with Crippen molar-refractivity contribution in [3.63, 3.8) is 0 Å². The summed E-state index contributed by atoms with van der Waals surface area (Å²) in [5.41, 5.74) is 8.68. The maximum absolute atomic E-state index is 13.8. The molecule has 2 rings (SSSR count). The smallest absolute Gasteiger partial charge is 0.256 e. The summed E-state index contributed by atoms with van der Waals surface area (Å²) in [6, 6.07) is 10.2. The van der Waals surface area contributed by atoms with Crippen LogP contribution in [-0.2, 0) is 6.54 Å². The van der Waals surface area contributed by atoms with Crippen molar-refractivity contribution in [2.75, 3.05) is 5.32 Å². The van der Waals surface area contributed by atoms with Crippen molar-refractivity contribution >= 4 is 11.6 Å². The molecule has 104 valence electrons. The van der Waals surface area contributed by atoms with Crippen LogP contribution in [0, 0.1) is 19.7 Å². The highest BCUT2D eigenvalue weighted by Crippen LogP contribution is 2.18. The second-order valence-electron chi connectivity index (χ2n) is 4.79. The number of halogens is 1. The molecular formula is C16H17FN2O. The Balaban J connectivity index is 2.25. The average molecular weight is 272 g/mol. The molecule has 0 aromatic heterocycles. The molecule has 0 heterocycles. The minimum absolute atomic E-state index is 0.160. The molecule has 0 aliphatic rings. The Morgan fingerprint density at radius 2 is 1.95 bits per heavy atom. The molecule has 0 spiro atoms. The van der Waals surface area contributed by atoms with Gasteiger partial charge >= 0.3 is 0 Å². The molecule has 3 nitrogen and oxygen atoms in total. The number of nitrogens with two attached hydrogens (primary N) is 1. The molecule has 4 heteroatoms. The van der Waals surface area contributed by atoms with Gasteiger partial charge in [0.25, 0.3) is 5.91 Å². The van der Waals surface area contributed by atoms with E-state index in [1.165, 1.54) is 12.1 Å². The SMILES string of the molecule is Cc1ccc(C)c(C(=O)Nc2ccc(CN)cc2F)c1. The summed E-state index contributed by atoms with van der Waals surface area (Å²) in [5, 5.41) is 2.59. The van der Waals surface area contributed by atoms with Crippen molar-refractivity contribution in [3.05, 3.63) is 64.5 Å². The molecule has 0 saturated carbocycles. The zero-order chi connectivity index (χ0) is 14.7. The number of hydrogen-bond donors (Lipinski definition) is 2. The summed E-state index contributed by atoms with van der Waals surface area (Å²) in [6.07, 6.45) is 0. The maximum Gasteiger partial charge on any atom is 0.256 e. The Bertz CT molecular complexity index is 653. The molecular weight excluding hydrogens is 255 g/mol. The molecule has 1 amide bonds. The van der Waals surface area contributed by atoms with Crippen molar-refractivity contribution in [1.82, 2.24) is 0 Å². The number of amides is 1. The van der Waals surface area contributed by atoms with Crippen LogP contribution in [-0.4, -0.2) is 5.91 Å². The number of nitrogens with one attached hydrogen (secondary N) is 1. The number of carbonyl (C=O) groups excluding carboxylic acids is 1. The standard InChI is InChI=1S/C16H17FN2O/c1-10-3-4-11(2)13(7-10)16(20)19-15-6-5-12(9-18)8-14(15)17/h3-8H,9,18H2,1-2H3,(H,19,20). The number of benzene rings is 2. The van der Waals surface area contributed by atoms with Crippen LogP contribution in [0.15, 0.2) is 36.4 Å². The van der Waals surface area contributed by atoms with Crippen molar-refractivity contribution in [2.24, 2.45) is 5.73 Å². The van der Waals surface area contributed by atoms with E-state index in [1.807, 2.05) is 26.0 Å². The predicted molar refractivity (Wildman–Crippen MR) is 78.2 cm³/mol. The van der Waals surface area contributed by atoms with Crippen LogP contribution in [0.4, 0.5) is 10.1 Å². The number of aryl methyl sites for hydroxylation is 2. The van der Waals surface area contributed by atoms with Gasteiger partial charge in [-0.15, -0.1) is 0 Å². The van der Waals surface area contributed by atoms with E-state index in [4.69, 9.17) is 5.73 Å². The predicted octanol–water partition coefficient (Wildman–Crippen LogP) is 3.15. The summed E-state index contributed by atoms with van der Waals surface area (Å²) in [6.45, 7) is 4.03. The van der Waals surface area contributed by atoms with E-state index in [0.717, 1.165) is 11.1 Å². The largest absolute Gasteiger partial charge is 0.326 e. The highest BCUT2D eigenvalue weighted by Gasteiger charge is 2.12. The zero-order valence-electron chi connectivity index (χ0n) is 11.5. The van der Waals surface area contributed by atoms with Gasteiger partial charge < -0.3 is 11.1 Å². The van der Waals surface area contributed by atoms with Crippen molar-refractivity contribution < 1.29 is 9.18 Å². The molecule has 0 aliphatic carbocycles. The van der Waals surface area contributed by atoms with Crippen LogP contribution >= 0.6 is 0 Å². The van der Waals surface area contributed by atoms with Crippen molar-refractivity contribution in [3.8, 4) is 0 Å². The first kappa shape index (κ1) is 14.2. The Hall–Kier alpha value is -2.20. The van der Waals surface area contributed by atoms with Gasteiger partial charge in [-0.25, -0.2) is 4.39 Å². The quantitative estimate of drug-likeness (QED) is 0.901.